The number of benzene rings is 1. The van der Waals surface area contributed by atoms with Gasteiger partial charge in [-0.25, -0.2) is 0 Å². The molecule has 0 aromatic heterocycles. The van der Waals surface area contributed by atoms with Crippen LogP contribution in [0.15, 0.2) is 18.2 Å². The van der Waals surface area contributed by atoms with E-state index in [-0.39, 0.29) is 12.5 Å². The van der Waals surface area contributed by atoms with E-state index in [0.717, 1.165) is 30.8 Å². The summed E-state index contributed by atoms with van der Waals surface area (Å²) in [5.41, 5.74) is 7.89. The first-order chi connectivity index (χ1) is 9.10. The highest BCUT2D eigenvalue weighted by Crippen LogP contribution is 2.19. The number of nitrogens with zero attached hydrogens (tertiary/aromatic N) is 1. The normalized spacial score (nSPS) is 18.7. The number of carbonyl (C=O) groups excluding carboxylic acids is 1. The number of amides is 1. The predicted molar refractivity (Wildman–Crippen MR) is 75.2 cm³/mol. The molecule has 1 saturated heterocycles. The van der Waals surface area contributed by atoms with E-state index in [0.29, 0.717) is 12.5 Å². The lowest BCUT2D eigenvalue weighted by Crippen LogP contribution is -2.33. The SMILES string of the molecule is Cc1ccc(OCC(=O)N2CCC(CN)C2)c(C)c1. The topological polar surface area (TPSA) is 55.6 Å². The zero-order chi connectivity index (χ0) is 13.8. The maximum absolute atomic E-state index is 12.0. The van der Waals surface area contributed by atoms with Crippen molar-refractivity contribution in [2.45, 2.75) is 20.3 Å². The van der Waals surface area contributed by atoms with E-state index in [1.54, 1.807) is 0 Å². The molecule has 1 aliphatic heterocycles. The van der Waals surface area contributed by atoms with E-state index in [9.17, 15) is 4.79 Å². The summed E-state index contributed by atoms with van der Waals surface area (Å²) in [4.78, 5) is 13.9. The molecule has 1 unspecified atom stereocenters. The van der Waals surface area contributed by atoms with Gasteiger partial charge in [0.2, 0.25) is 0 Å². The monoisotopic (exact) mass is 262 g/mol. The molecule has 1 aliphatic rings. The lowest BCUT2D eigenvalue weighted by atomic mass is 10.1. The molecule has 1 amide bonds. The van der Waals surface area contributed by atoms with E-state index < -0.39 is 0 Å². The van der Waals surface area contributed by atoms with Crippen LogP contribution in [0.4, 0.5) is 0 Å². The van der Waals surface area contributed by atoms with E-state index in [4.69, 9.17) is 10.5 Å². The Hall–Kier alpha value is -1.55. The van der Waals surface area contributed by atoms with Crippen molar-refractivity contribution >= 4 is 5.91 Å². The van der Waals surface area contributed by atoms with Gasteiger partial charge in [-0.05, 0) is 44.4 Å². The summed E-state index contributed by atoms with van der Waals surface area (Å²) in [6.45, 7) is 6.37. The molecule has 104 valence electrons. The van der Waals surface area contributed by atoms with E-state index in [2.05, 4.69) is 6.07 Å². The Balaban J connectivity index is 1.87. The highest BCUT2D eigenvalue weighted by Gasteiger charge is 2.25. The molecule has 19 heavy (non-hydrogen) atoms. The van der Waals surface area contributed by atoms with Crippen LogP contribution < -0.4 is 10.5 Å². The standard InChI is InChI=1S/C15H22N2O2/c1-11-3-4-14(12(2)7-11)19-10-15(18)17-6-5-13(8-16)9-17/h3-4,7,13H,5-6,8-10,16H2,1-2H3. The van der Waals surface area contributed by atoms with Gasteiger partial charge in [0.1, 0.15) is 5.75 Å². The van der Waals surface area contributed by atoms with Gasteiger partial charge in [-0.15, -0.1) is 0 Å². The molecule has 1 fully saturated rings. The van der Waals surface area contributed by atoms with Gasteiger partial charge < -0.3 is 15.4 Å². The van der Waals surface area contributed by atoms with Crippen LogP contribution in [-0.2, 0) is 4.79 Å². The molecule has 1 heterocycles. The number of carbonyl (C=O) groups is 1. The van der Waals surface area contributed by atoms with Gasteiger partial charge >= 0.3 is 0 Å². The molecule has 1 atom stereocenters. The lowest BCUT2D eigenvalue weighted by Gasteiger charge is -2.17. The number of hydrogen-bond donors (Lipinski definition) is 1. The molecule has 1 aromatic rings. The molecule has 0 aliphatic carbocycles. The Labute approximate surface area is 114 Å². The summed E-state index contributed by atoms with van der Waals surface area (Å²) in [6, 6.07) is 5.97. The fraction of sp³-hybridized carbons (Fsp3) is 0.533. The van der Waals surface area contributed by atoms with Crippen molar-refractivity contribution < 1.29 is 9.53 Å². The van der Waals surface area contributed by atoms with Gasteiger partial charge in [-0.3, -0.25) is 4.79 Å². The van der Waals surface area contributed by atoms with Crippen molar-refractivity contribution in [3.63, 3.8) is 0 Å². The van der Waals surface area contributed by atoms with Crippen molar-refractivity contribution in [1.29, 1.82) is 0 Å². The number of aryl methyl sites for hydroxylation is 2. The molecule has 2 rings (SSSR count). The van der Waals surface area contributed by atoms with E-state index in [1.807, 2.05) is 30.9 Å². The van der Waals surface area contributed by atoms with Crippen molar-refractivity contribution in [1.82, 2.24) is 4.90 Å². The first-order valence-corrected chi connectivity index (χ1v) is 6.78. The van der Waals surface area contributed by atoms with Gasteiger partial charge in [0.25, 0.3) is 5.91 Å². The van der Waals surface area contributed by atoms with Crippen LogP contribution >= 0.6 is 0 Å². The molecule has 0 saturated carbocycles. The van der Waals surface area contributed by atoms with Gasteiger partial charge in [0, 0.05) is 13.1 Å². The van der Waals surface area contributed by atoms with Gasteiger partial charge in [-0.1, -0.05) is 17.7 Å². The number of nitrogens with two attached hydrogens (primary N) is 1. The van der Waals surface area contributed by atoms with Crippen LogP contribution in [-0.4, -0.2) is 37.0 Å². The Morgan fingerprint density at radius 2 is 2.26 bits per heavy atom. The van der Waals surface area contributed by atoms with Crippen LogP contribution in [0.1, 0.15) is 17.5 Å². The molecule has 2 N–H and O–H groups in total. The van der Waals surface area contributed by atoms with E-state index in [1.165, 1.54) is 5.56 Å². The van der Waals surface area contributed by atoms with Crippen molar-refractivity contribution in [2.75, 3.05) is 26.2 Å². The summed E-state index contributed by atoms with van der Waals surface area (Å²) < 4.78 is 5.61. The minimum atomic E-state index is 0.0518. The number of ether oxygens (including phenoxy) is 1. The summed E-state index contributed by atoms with van der Waals surface area (Å²) in [6.07, 6.45) is 1.01. The fourth-order valence-corrected chi connectivity index (χ4v) is 2.44. The number of likely N-dealkylation sites (tertiary alicyclic amines) is 1. The van der Waals surface area contributed by atoms with Crippen LogP contribution in [0.2, 0.25) is 0 Å². The minimum absolute atomic E-state index is 0.0518. The minimum Gasteiger partial charge on any atom is -0.484 e. The smallest absolute Gasteiger partial charge is 0.260 e. The molecule has 0 spiro atoms. The summed E-state index contributed by atoms with van der Waals surface area (Å²) >= 11 is 0. The van der Waals surface area contributed by atoms with Gasteiger partial charge in [0.15, 0.2) is 6.61 Å². The molecular weight excluding hydrogens is 240 g/mol. The average molecular weight is 262 g/mol. The lowest BCUT2D eigenvalue weighted by molar-refractivity contribution is -0.132. The molecular formula is C15H22N2O2. The molecule has 4 nitrogen and oxygen atoms in total. The summed E-state index contributed by atoms with van der Waals surface area (Å²) in [5, 5.41) is 0. The highest BCUT2D eigenvalue weighted by atomic mass is 16.5. The maximum atomic E-state index is 12.0. The van der Waals surface area contributed by atoms with Crippen LogP contribution in [0.25, 0.3) is 0 Å². The second kappa shape index (κ2) is 6.06. The zero-order valence-corrected chi connectivity index (χ0v) is 11.7. The highest BCUT2D eigenvalue weighted by molar-refractivity contribution is 5.78. The van der Waals surface area contributed by atoms with Crippen LogP contribution in [0.3, 0.4) is 0 Å². The Morgan fingerprint density at radius 3 is 2.89 bits per heavy atom. The van der Waals surface area contributed by atoms with E-state index >= 15 is 0 Å². The summed E-state index contributed by atoms with van der Waals surface area (Å²) in [7, 11) is 0. The first kappa shape index (κ1) is 13.9. The first-order valence-electron chi connectivity index (χ1n) is 6.78. The quantitative estimate of drug-likeness (QED) is 0.894. The van der Waals surface area contributed by atoms with Gasteiger partial charge in [-0.2, -0.15) is 0 Å². The number of hydrogen-bond acceptors (Lipinski definition) is 3. The Kier molecular flexibility index (Phi) is 4.43. The van der Waals surface area contributed by atoms with Crippen molar-refractivity contribution in [2.24, 2.45) is 11.7 Å². The predicted octanol–water partition coefficient (Wildman–Crippen LogP) is 1.49. The van der Waals surface area contributed by atoms with Crippen molar-refractivity contribution in [3.05, 3.63) is 29.3 Å². The zero-order valence-electron chi connectivity index (χ0n) is 11.7. The average Bonchev–Trinajstić information content (AvgIpc) is 2.86. The molecule has 4 heteroatoms. The Morgan fingerprint density at radius 1 is 1.47 bits per heavy atom. The third-order valence-corrected chi connectivity index (χ3v) is 3.65. The number of rotatable bonds is 4. The molecule has 0 radical (unpaired) electrons. The summed E-state index contributed by atoms with van der Waals surface area (Å²) in [5.74, 6) is 1.29. The molecule has 0 bridgehead atoms. The largest absolute Gasteiger partial charge is 0.484 e. The third kappa shape index (κ3) is 3.47. The van der Waals surface area contributed by atoms with Gasteiger partial charge in [0.05, 0.1) is 0 Å². The van der Waals surface area contributed by atoms with Crippen LogP contribution in [0, 0.1) is 19.8 Å². The third-order valence-electron chi connectivity index (χ3n) is 3.65. The second-order valence-corrected chi connectivity index (χ2v) is 5.29. The van der Waals surface area contributed by atoms with Crippen molar-refractivity contribution in [3.8, 4) is 5.75 Å². The maximum Gasteiger partial charge on any atom is 0.260 e. The van der Waals surface area contributed by atoms with Crippen LogP contribution in [0.5, 0.6) is 5.75 Å². The molecule has 1 aromatic carbocycles. The second-order valence-electron chi connectivity index (χ2n) is 5.29. The Bertz CT molecular complexity index is 459. The fourth-order valence-electron chi connectivity index (χ4n) is 2.44.